The van der Waals surface area contributed by atoms with Crippen LogP contribution in [0.3, 0.4) is 0 Å². The molecule has 2 atom stereocenters. The molecular formula is C21H30FN3O2. The Hall–Kier alpha value is -2.31. The molecule has 0 saturated carbocycles. The van der Waals surface area contributed by atoms with Gasteiger partial charge in [0.1, 0.15) is 17.8 Å². The molecule has 1 aliphatic rings. The maximum atomic E-state index is 13.8. The first-order chi connectivity index (χ1) is 12.9. The lowest BCUT2D eigenvalue weighted by Crippen LogP contribution is -2.53. The van der Waals surface area contributed by atoms with Crippen LogP contribution in [0, 0.1) is 5.82 Å². The fourth-order valence-electron chi connectivity index (χ4n) is 3.43. The first-order valence-electron chi connectivity index (χ1n) is 9.33. The molecule has 0 amide bonds. The largest absolute Gasteiger partial charge is 0.508 e. The minimum atomic E-state index is -0.878. The second kappa shape index (κ2) is 10.1. The van der Waals surface area contributed by atoms with Gasteiger partial charge >= 0.3 is 0 Å². The van der Waals surface area contributed by atoms with E-state index in [0.717, 1.165) is 31.3 Å². The lowest BCUT2D eigenvalue weighted by Gasteiger charge is -2.44. The van der Waals surface area contributed by atoms with Gasteiger partial charge in [-0.05, 0) is 38.3 Å². The Balaban J connectivity index is 2.20. The maximum absolute atomic E-state index is 13.8. The van der Waals surface area contributed by atoms with Crippen molar-refractivity contribution >= 4 is 5.69 Å². The number of hydrogen-bond donors (Lipinski definition) is 3. The number of nitrogens with zero attached hydrogens (tertiary/aromatic N) is 2. The standard InChI is InChI=1S/C21H30FN3O2/c1-3-5-6-7-17(4-2)24-10-11-25(18(15-24)8-9-21(23)27)19-12-16(22)13-20(26)14-19/h3-4,6-7,12-14,18,21,26-27H,1,5,8-11,15,23H2,2H3/b7-6-,17-4+. The summed E-state index contributed by atoms with van der Waals surface area (Å²) in [5.41, 5.74) is 7.30. The molecule has 1 aromatic rings. The van der Waals surface area contributed by atoms with E-state index in [1.165, 1.54) is 6.07 Å². The van der Waals surface area contributed by atoms with E-state index < -0.39 is 12.0 Å². The highest BCUT2D eigenvalue weighted by Crippen LogP contribution is 2.29. The van der Waals surface area contributed by atoms with Crippen molar-refractivity contribution < 1.29 is 14.6 Å². The van der Waals surface area contributed by atoms with Gasteiger partial charge in [-0.25, -0.2) is 4.39 Å². The van der Waals surface area contributed by atoms with E-state index >= 15 is 0 Å². The lowest BCUT2D eigenvalue weighted by atomic mass is 10.0. The number of phenolic OH excluding ortho intramolecular Hbond substituents is 1. The summed E-state index contributed by atoms with van der Waals surface area (Å²) in [6.07, 6.45) is 9.12. The van der Waals surface area contributed by atoms with Crippen LogP contribution in [0.2, 0.25) is 0 Å². The molecule has 2 rings (SSSR count). The molecule has 1 heterocycles. The zero-order valence-electron chi connectivity index (χ0n) is 15.9. The van der Waals surface area contributed by atoms with Crippen LogP contribution < -0.4 is 10.6 Å². The van der Waals surface area contributed by atoms with Crippen molar-refractivity contribution in [3.63, 3.8) is 0 Å². The fourth-order valence-corrected chi connectivity index (χ4v) is 3.43. The van der Waals surface area contributed by atoms with E-state index in [0.29, 0.717) is 25.1 Å². The third kappa shape index (κ3) is 6.12. The number of aromatic hydroxyl groups is 1. The normalized spacial score (nSPS) is 19.6. The number of nitrogens with two attached hydrogens (primary N) is 1. The van der Waals surface area contributed by atoms with Crippen molar-refractivity contribution in [2.24, 2.45) is 5.73 Å². The van der Waals surface area contributed by atoms with Crippen molar-refractivity contribution in [1.82, 2.24) is 4.90 Å². The molecule has 0 aliphatic carbocycles. The summed E-state index contributed by atoms with van der Waals surface area (Å²) in [6, 6.07) is 4.15. The van der Waals surface area contributed by atoms with Crippen molar-refractivity contribution in [3.05, 3.63) is 60.6 Å². The van der Waals surface area contributed by atoms with Gasteiger partial charge in [-0.2, -0.15) is 0 Å². The maximum Gasteiger partial charge on any atom is 0.128 e. The van der Waals surface area contributed by atoms with E-state index in [9.17, 15) is 14.6 Å². The summed E-state index contributed by atoms with van der Waals surface area (Å²) in [4.78, 5) is 4.37. The minimum absolute atomic E-state index is 0.0425. The van der Waals surface area contributed by atoms with Crippen LogP contribution >= 0.6 is 0 Å². The average Bonchev–Trinajstić information content (AvgIpc) is 2.62. The number of rotatable bonds is 8. The van der Waals surface area contributed by atoms with Crippen LogP contribution in [0.25, 0.3) is 0 Å². The van der Waals surface area contributed by atoms with Crippen LogP contribution in [0.1, 0.15) is 26.2 Å². The van der Waals surface area contributed by atoms with Gasteiger partial charge in [-0.1, -0.05) is 18.2 Å². The Morgan fingerprint density at radius 3 is 2.81 bits per heavy atom. The Morgan fingerprint density at radius 1 is 1.41 bits per heavy atom. The number of allylic oxidation sites excluding steroid dienone is 4. The number of hydrogen-bond acceptors (Lipinski definition) is 5. The van der Waals surface area contributed by atoms with Crippen LogP contribution in [0.5, 0.6) is 5.75 Å². The number of halogens is 1. The van der Waals surface area contributed by atoms with E-state index in [4.69, 9.17) is 5.73 Å². The summed E-state index contributed by atoms with van der Waals surface area (Å²) in [5, 5.41) is 19.3. The third-order valence-electron chi connectivity index (χ3n) is 4.73. The molecule has 4 N–H and O–H groups in total. The van der Waals surface area contributed by atoms with E-state index in [1.54, 1.807) is 6.07 Å². The Morgan fingerprint density at radius 2 is 2.19 bits per heavy atom. The van der Waals surface area contributed by atoms with Gasteiger partial charge in [0.15, 0.2) is 0 Å². The molecule has 5 nitrogen and oxygen atoms in total. The predicted octanol–water partition coefficient (Wildman–Crippen LogP) is 3.12. The molecule has 6 heteroatoms. The first-order valence-corrected chi connectivity index (χ1v) is 9.33. The zero-order chi connectivity index (χ0) is 19.8. The smallest absolute Gasteiger partial charge is 0.128 e. The quantitative estimate of drug-likeness (QED) is 0.370. The second-order valence-electron chi connectivity index (χ2n) is 6.75. The summed E-state index contributed by atoms with van der Waals surface area (Å²) in [5.74, 6) is -0.557. The Kier molecular flexibility index (Phi) is 7.88. The predicted molar refractivity (Wildman–Crippen MR) is 108 cm³/mol. The highest BCUT2D eigenvalue weighted by Gasteiger charge is 2.28. The van der Waals surface area contributed by atoms with Gasteiger partial charge in [0.25, 0.3) is 0 Å². The van der Waals surface area contributed by atoms with Crippen LogP contribution in [0.15, 0.2) is 54.8 Å². The SMILES string of the molecule is C=CC/C=C\C(=C/C)N1CCN(c2cc(O)cc(F)c2)C(CCC(N)O)C1. The van der Waals surface area contributed by atoms with Crippen molar-refractivity contribution in [1.29, 1.82) is 0 Å². The van der Waals surface area contributed by atoms with E-state index in [2.05, 4.69) is 34.6 Å². The molecule has 0 bridgehead atoms. The van der Waals surface area contributed by atoms with E-state index in [-0.39, 0.29) is 11.8 Å². The number of piperazine rings is 1. The van der Waals surface area contributed by atoms with Gasteiger partial charge in [0, 0.05) is 49.2 Å². The molecular weight excluding hydrogens is 345 g/mol. The topological polar surface area (TPSA) is 73.0 Å². The third-order valence-corrected chi connectivity index (χ3v) is 4.73. The first kappa shape index (κ1) is 21.0. The summed E-state index contributed by atoms with van der Waals surface area (Å²) >= 11 is 0. The lowest BCUT2D eigenvalue weighted by molar-refractivity contribution is 0.159. The number of aliphatic hydroxyl groups is 1. The zero-order valence-corrected chi connectivity index (χ0v) is 15.9. The van der Waals surface area contributed by atoms with Crippen LogP contribution in [0.4, 0.5) is 10.1 Å². The van der Waals surface area contributed by atoms with Gasteiger partial charge in [-0.15, -0.1) is 6.58 Å². The molecule has 1 aliphatic heterocycles. The summed E-state index contributed by atoms with van der Waals surface area (Å²) < 4.78 is 13.8. The molecule has 1 aromatic carbocycles. The molecule has 0 spiro atoms. The number of phenols is 1. The molecule has 27 heavy (non-hydrogen) atoms. The molecule has 0 aromatic heterocycles. The monoisotopic (exact) mass is 375 g/mol. The van der Waals surface area contributed by atoms with Crippen LogP contribution in [-0.2, 0) is 0 Å². The van der Waals surface area contributed by atoms with Gasteiger partial charge in [-0.3, -0.25) is 0 Å². The highest BCUT2D eigenvalue weighted by atomic mass is 19.1. The Bertz CT molecular complexity index is 668. The molecule has 148 valence electrons. The Labute approximate surface area is 160 Å². The minimum Gasteiger partial charge on any atom is -0.508 e. The fraction of sp³-hybridized carbons (Fsp3) is 0.429. The van der Waals surface area contributed by atoms with Gasteiger partial charge in [0.05, 0.1) is 0 Å². The van der Waals surface area contributed by atoms with Crippen molar-refractivity contribution in [2.75, 3.05) is 24.5 Å². The van der Waals surface area contributed by atoms with Crippen LogP contribution in [-0.4, -0.2) is 47.0 Å². The number of benzene rings is 1. The molecule has 1 fully saturated rings. The number of anilines is 1. The highest BCUT2D eigenvalue weighted by molar-refractivity contribution is 5.52. The van der Waals surface area contributed by atoms with Gasteiger partial charge < -0.3 is 25.7 Å². The van der Waals surface area contributed by atoms with Crippen molar-refractivity contribution in [2.45, 2.75) is 38.5 Å². The summed E-state index contributed by atoms with van der Waals surface area (Å²) in [7, 11) is 0. The number of aliphatic hydroxyl groups excluding tert-OH is 1. The molecule has 2 unspecified atom stereocenters. The van der Waals surface area contributed by atoms with E-state index in [1.807, 2.05) is 13.0 Å². The summed E-state index contributed by atoms with van der Waals surface area (Å²) in [6.45, 7) is 7.91. The average molecular weight is 375 g/mol. The second-order valence-corrected chi connectivity index (χ2v) is 6.75. The molecule has 1 saturated heterocycles. The van der Waals surface area contributed by atoms with Gasteiger partial charge in [0.2, 0.25) is 0 Å². The van der Waals surface area contributed by atoms with Crippen molar-refractivity contribution in [3.8, 4) is 5.75 Å². The molecule has 0 radical (unpaired) electrons.